The monoisotopic (exact) mass is 286 g/mol. The second-order valence-corrected chi connectivity index (χ2v) is 5.22. The molecule has 3 aromatic rings. The lowest BCUT2D eigenvalue weighted by Gasteiger charge is -2.13. The molecule has 0 aliphatic rings. The fourth-order valence-corrected chi connectivity index (χ4v) is 2.43. The van der Waals surface area contributed by atoms with E-state index in [1.807, 2.05) is 66.7 Å². The zero-order valence-corrected chi connectivity index (χ0v) is 12.6. The third-order valence-electron chi connectivity index (χ3n) is 3.61. The van der Waals surface area contributed by atoms with Crippen molar-refractivity contribution in [2.24, 2.45) is 0 Å². The molecule has 108 valence electrons. The van der Waals surface area contributed by atoms with Crippen LogP contribution in [0.1, 0.15) is 11.1 Å². The van der Waals surface area contributed by atoms with Crippen LogP contribution in [0.15, 0.2) is 78.9 Å². The second-order valence-electron chi connectivity index (χ2n) is 5.22. The van der Waals surface area contributed by atoms with E-state index in [0.29, 0.717) is 0 Å². The van der Waals surface area contributed by atoms with Crippen LogP contribution in [0.2, 0.25) is 0 Å². The fraction of sp³-hybridized carbons (Fsp3) is 0.0476. The normalized spacial score (nSPS) is 11.9. The largest absolute Gasteiger partial charge is 0.456 e. The first kappa shape index (κ1) is 14.2. The zero-order chi connectivity index (χ0) is 15.4. The Labute approximate surface area is 130 Å². The van der Waals surface area contributed by atoms with E-state index in [4.69, 9.17) is 4.74 Å². The summed E-state index contributed by atoms with van der Waals surface area (Å²) in [4.78, 5) is 0. The van der Waals surface area contributed by atoms with Gasteiger partial charge in [0.25, 0.3) is 0 Å². The van der Waals surface area contributed by atoms with Crippen LogP contribution in [0.3, 0.4) is 0 Å². The van der Waals surface area contributed by atoms with Crippen molar-refractivity contribution in [3.05, 3.63) is 100 Å². The van der Waals surface area contributed by atoms with Crippen molar-refractivity contribution in [3.63, 3.8) is 0 Å². The number of hydrogen-bond acceptors (Lipinski definition) is 1. The van der Waals surface area contributed by atoms with E-state index in [1.54, 1.807) is 0 Å². The lowest BCUT2D eigenvalue weighted by atomic mass is 10.0. The summed E-state index contributed by atoms with van der Waals surface area (Å²) >= 11 is 0. The van der Waals surface area contributed by atoms with Gasteiger partial charge in [-0.2, -0.15) is 0 Å². The van der Waals surface area contributed by atoms with E-state index in [1.165, 1.54) is 5.56 Å². The quantitative estimate of drug-likeness (QED) is 0.714. The van der Waals surface area contributed by atoms with Gasteiger partial charge in [-0.1, -0.05) is 73.3 Å². The number of ether oxygens (including phenoxy) is 1. The van der Waals surface area contributed by atoms with E-state index < -0.39 is 0 Å². The molecule has 0 atom stereocenters. The summed E-state index contributed by atoms with van der Waals surface area (Å²) in [5.74, 6) is 1.67. The Morgan fingerprint density at radius 1 is 0.773 bits per heavy atom. The van der Waals surface area contributed by atoms with E-state index >= 15 is 0 Å². The summed E-state index contributed by atoms with van der Waals surface area (Å²) < 4.78 is 6.22. The average Bonchev–Trinajstić information content (AvgIpc) is 2.55. The van der Waals surface area contributed by atoms with E-state index in [-0.39, 0.29) is 0 Å². The first-order valence-electron chi connectivity index (χ1n) is 7.33. The first-order valence-corrected chi connectivity index (χ1v) is 7.33. The third kappa shape index (κ3) is 2.94. The molecule has 0 saturated carbocycles. The molecule has 0 N–H and O–H groups in total. The fourth-order valence-electron chi connectivity index (χ4n) is 2.43. The third-order valence-corrected chi connectivity index (χ3v) is 3.61. The van der Waals surface area contributed by atoms with Crippen molar-refractivity contribution < 1.29 is 4.74 Å². The van der Waals surface area contributed by atoms with Crippen LogP contribution < -0.4 is 15.2 Å². The Bertz CT molecular complexity index is 879. The van der Waals surface area contributed by atoms with Crippen molar-refractivity contribution in [3.8, 4) is 5.75 Å². The summed E-state index contributed by atoms with van der Waals surface area (Å²) in [6.07, 6.45) is 0. The van der Waals surface area contributed by atoms with Gasteiger partial charge in [-0.25, -0.2) is 0 Å². The highest BCUT2D eigenvalue weighted by Gasteiger charge is 2.09. The Kier molecular flexibility index (Phi) is 4.06. The van der Waals surface area contributed by atoms with Crippen molar-refractivity contribution in [1.82, 2.24) is 0 Å². The van der Waals surface area contributed by atoms with Gasteiger partial charge in [0.05, 0.1) is 0 Å². The number of aryl methyl sites for hydroxylation is 1. The zero-order valence-electron chi connectivity index (χ0n) is 12.6. The minimum atomic E-state index is 0.823. The Morgan fingerprint density at radius 3 is 2.14 bits per heavy atom. The summed E-state index contributed by atoms with van der Waals surface area (Å²) in [5, 5.41) is 1.97. The molecule has 1 nitrogen and oxygen atoms in total. The highest BCUT2D eigenvalue weighted by molar-refractivity contribution is 5.64. The van der Waals surface area contributed by atoms with Crippen LogP contribution in [0.5, 0.6) is 5.75 Å². The Balaban J connectivity index is 2.25. The molecule has 22 heavy (non-hydrogen) atoms. The molecule has 0 amide bonds. The van der Waals surface area contributed by atoms with Crippen LogP contribution >= 0.6 is 0 Å². The van der Waals surface area contributed by atoms with Gasteiger partial charge in [0.2, 0.25) is 0 Å². The van der Waals surface area contributed by atoms with Gasteiger partial charge >= 0.3 is 0 Å². The maximum absolute atomic E-state index is 6.22. The van der Waals surface area contributed by atoms with Gasteiger partial charge in [0.1, 0.15) is 11.5 Å². The highest BCUT2D eigenvalue weighted by Crippen LogP contribution is 2.21. The average molecular weight is 286 g/mol. The molecular formula is C21H18O. The van der Waals surface area contributed by atoms with Gasteiger partial charge in [-0.15, -0.1) is 0 Å². The molecular weight excluding hydrogens is 268 g/mol. The number of hydrogen-bond donors (Lipinski definition) is 0. The lowest BCUT2D eigenvalue weighted by Crippen LogP contribution is -2.27. The van der Waals surface area contributed by atoms with E-state index in [2.05, 4.69) is 25.6 Å². The van der Waals surface area contributed by atoms with Crippen LogP contribution in [0.4, 0.5) is 0 Å². The van der Waals surface area contributed by atoms with Crippen molar-refractivity contribution in [2.45, 2.75) is 6.92 Å². The van der Waals surface area contributed by atoms with Gasteiger partial charge in [0, 0.05) is 10.8 Å². The second kappa shape index (κ2) is 6.31. The number of rotatable bonds is 3. The van der Waals surface area contributed by atoms with Gasteiger partial charge in [0.15, 0.2) is 0 Å². The van der Waals surface area contributed by atoms with E-state index in [0.717, 1.165) is 27.5 Å². The number of benzene rings is 3. The van der Waals surface area contributed by atoms with Crippen molar-refractivity contribution >= 4 is 12.3 Å². The maximum Gasteiger partial charge on any atom is 0.142 e. The summed E-state index contributed by atoms with van der Waals surface area (Å²) in [7, 11) is 0. The summed E-state index contributed by atoms with van der Waals surface area (Å²) in [5.41, 5.74) is 2.26. The van der Waals surface area contributed by atoms with Crippen molar-refractivity contribution in [1.29, 1.82) is 0 Å². The standard InChI is InChI=1S/C21H18O/c1-16-10-6-8-14-19(16)21(20-15-9-7-11-17(20)2)22-18-12-4-3-5-13-18/h3-15H,1H2,2H3/b21-19+. The molecule has 0 bridgehead atoms. The maximum atomic E-state index is 6.22. The Hall–Kier alpha value is -2.80. The molecule has 0 radical (unpaired) electrons. The molecule has 0 saturated heterocycles. The smallest absolute Gasteiger partial charge is 0.142 e. The van der Waals surface area contributed by atoms with Gasteiger partial charge < -0.3 is 4.74 Å². The van der Waals surface area contributed by atoms with Crippen LogP contribution in [0, 0.1) is 6.92 Å². The van der Waals surface area contributed by atoms with E-state index in [9.17, 15) is 0 Å². The minimum absolute atomic E-state index is 0.823. The molecule has 0 aliphatic heterocycles. The molecule has 0 fully saturated rings. The summed E-state index contributed by atoms with van der Waals surface area (Å²) in [6.45, 7) is 6.23. The molecule has 1 heteroatoms. The number of para-hydroxylation sites is 1. The predicted molar refractivity (Wildman–Crippen MR) is 92.0 cm³/mol. The lowest BCUT2D eigenvalue weighted by molar-refractivity contribution is 0.510. The Morgan fingerprint density at radius 2 is 1.41 bits per heavy atom. The molecule has 0 heterocycles. The molecule has 3 rings (SSSR count). The molecule has 0 unspecified atom stereocenters. The first-order chi connectivity index (χ1) is 10.8. The molecule has 0 aromatic heterocycles. The molecule has 3 aromatic carbocycles. The van der Waals surface area contributed by atoms with Gasteiger partial charge in [-0.3, -0.25) is 0 Å². The SMILES string of the molecule is C=c1cccc/c1=C(\Oc1ccccc1)c1ccccc1C. The topological polar surface area (TPSA) is 9.23 Å². The van der Waals surface area contributed by atoms with Crippen LogP contribution in [0.25, 0.3) is 12.3 Å². The minimum Gasteiger partial charge on any atom is -0.456 e. The summed E-state index contributed by atoms with van der Waals surface area (Å²) in [6, 6.07) is 26.1. The predicted octanol–water partition coefficient (Wildman–Crippen LogP) is 3.64. The van der Waals surface area contributed by atoms with Crippen LogP contribution in [-0.2, 0) is 0 Å². The van der Waals surface area contributed by atoms with Crippen LogP contribution in [-0.4, -0.2) is 0 Å². The highest BCUT2D eigenvalue weighted by atomic mass is 16.5. The van der Waals surface area contributed by atoms with Crippen molar-refractivity contribution in [2.75, 3.05) is 0 Å². The molecule has 0 spiro atoms. The van der Waals surface area contributed by atoms with Gasteiger partial charge in [-0.05, 0) is 29.8 Å². The molecule has 0 aliphatic carbocycles.